The molecule has 1 aromatic carbocycles. The van der Waals surface area contributed by atoms with Gasteiger partial charge in [-0.2, -0.15) is 0 Å². The van der Waals surface area contributed by atoms with Gasteiger partial charge in [-0.3, -0.25) is 0 Å². The highest BCUT2D eigenvalue weighted by atomic mass is 15.0. The summed E-state index contributed by atoms with van der Waals surface area (Å²) in [5.41, 5.74) is 5.68. The zero-order valence-corrected chi connectivity index (χ0v) is 17.1. The van der Waals surface area contributed by atoms with Crippen LogP contribution < -0.4 is 10.6 Å². The first-order valence-electron chi connectivity index (χ1n) is 10.8. The van der Waals surface area contributed by atoms with Crippen LogP contribution in [0.1, 0.15) is 30.0 Å². The van der Waals surface area contributed by atoms with Crippen LogP contribution in [-0.4, -0.2) is 34.6 Å². The van der Waals surface area contributed by atoms with Crippen LogP contribution >= 0.6 is 0 Å². The van der Waals surface area contributed by atoms with Crippen LogP contribution in [0.2, 0.25) is 0 Å². The predicted octanol–water partition coefficient (Wildman–Crippen LogP) is 4.75. The first-order valence-corrected chi connectivity index (χ1v) is 10.8. The Kier molecular flexibility index (Phi) is 5.44. The van der Waals surface area contributed by atoms with Gasteiger partial charge in [-0.15, -0.1) is 0 Å². The second-order valence-electron chi connectivity index (χ2n) is 7.94. The van der Waals surface area contributed by atoms with E-state index >= 15 is 0 Å². The normalized spacial score (nSPS) is 14.8. The molecule has 5 heteroatoms. The topological polar surface area (TPSA) is 65.6 Å². The monoisotopic (exact) mass is 397 g/mol. The van der Waals surface area contributed by atoms with E-state index < -0.39 is 0 Å². The summed E-state index contributed by atoms with van der Waals surface area (Å²) in [6.07, 6.45) is 5.18. The van der Waals surface area contributed by atoms with E-state index in [-0.39, 0.29) is 0 Å². The van der Waals surface area contributed by atoms with Crippen LogP contribution in [0.5, 0.6) is 0 Å². The number of H-pyrrole nitrogens is 1. The standard InChI is InChI=1S/C25H27N5/c1-2-5-18(6-3-1)9-15-27-24-8-4-7-22(29-24)20-12-16-28-25-21(20)17-23(30-25)19-10-13-26-14-11-19/h1-8,12,16-17,19,26H,9-11,13-15H2,(H,27,29)(H,28,30). The van der Waals surface area contributed by atoms with E-state index in [1.165, 1.54) is 24.1 Å². The molecular formula is C25H27N5. The minimum atomic E-state index is 0.576. The van der Waals surface area contributed by atoms with Crippen LogP contribution in [0, 0.1) is 0 Å². The van der Waals surface area contributed by atoms with Crippen LogP contribution in [0.15, 0.2) is 66.9 Å². The molecule has 3 aromatic heterocycles. The number of rotatable bonds is 6. The molecule has 0 saturated carbocycles. The van der Waals surface area contributed by atoms with Gasteiger partial charge in [0.05, 0.1) is 5.69 Å². The van der Waals surface area contributed by atoms with E-state index in [1.807, 2.05) is 12.3 Å². The fourth-order valence-electron chi connectivity index (χ4n) is 4.29. The van der Waals surface area contributed by atoms with Crippen molar-refractivity contribution in [2.75, 3.05) is 25.0 Å². The molecule has 4 aromatic rings. The molecule has 0 aliphatic carbocycles. The molecule has 0 spiro atoms. The molecule has 1 fully saturated rings. The summed E-state index contributed by atoms with van der Waals surface area (Å²) in [6.45, 7) is 3.02. The second kappa shape index (κ2) is 8.67. The van der Waals surface area contributed by atoms with E-state index in [1.54, 1.807) is 0 Å². The maximum absolute atomic E-state index is 4.88. The number of aromatic amines is 1. The van der Waals surface area contributed by atoms with Crippen LogP contribution in [0.4, 0.5) is 5.82 Å². The smallest absolute Gasteiger partial charge is 0.138 e. The Balaban J connectivity index is 1.37. The number of hydrogen-bond acceptors (Lipinski definition) is 4. The number of piperidine rings is 1. The minimum absolute atomic E-state index is 0.576. The molecular weight excluding hydrogens is 370 g/mol. The Labute approximate surface area is 177 Å². The van der Waals surface area contributed by atoms with Gasteiger partial charge in [-0.25, -0.2) is 9.97 Å². The fourth-order valence-corrected chi connectivity index (χ4v) is 4.29. The molecule has 30 heavy (non-hydrogen) atoms. The third-order valence-corrected chi connectivity index (χ3v) is 5.92. The van der Waals surface area contributed by atoms with Crippen LogP contribution in [0.3, 0.4) is 0 Å². The summed E-state index contributed by atoms with van der Waals surface area (Å²) in [7, 11) is 0. The van der Waals surface area contributed by atoms with Gasteiger partial charge in [-0.1, -0.05) is 36.4 Å². The lowest BCUT2D eigenvalue weighted by Gasteiger charge is -2.21. The molecule has 5 rings (SSSR count). The fraction of sp³-hybridized carbons (Fsp3) is 0.280. The lowest BCUT2D eigenvalue weighted by Crippen LogP contribution is -2.26. The summed E-state index contributed by atoms with van der Waals surface area (Å²) in [5, 5.41) is 8.06. The summed E-state index contributed by atoms with van der Waals surface area (Å²) in [5.74, 6) is 1.48. The Morgan fingerprint density at radius 2 is 1.83 bits per heavy atom. The molecule has 0 unspecified atom stereocenters. The van der Waals surface area contributed by atoms with Crippen LogP contribution in [-0.2, 0) is 6.42 Å². The highest BCUT2D eigenvalue weighted by Gasteiger charge is 2.19. The molecule has 0 bridgehead atoms. The first-order chi connectivity index (χ1) is 14.9. The molecule has 4 heterocycles. The van der Waals surface area contributed by atoms with Crippen molar-refractivity contribution in [2.24, 2.45) is 0 Å². The lowest BCUT2D eigenvalue weighted by atomic mass is 9.94. The minimum Gasteiger partial charge on any atom is -0.370 e. The number of aromatic nitrogens is 3. The van der Waals surface area contributed by atoms with E-state index in [9.17, 15) is 0 Å². The first kappa shape index (κ1) is 18.8. The molecule has 152 valence electrons. The number of pyridine rings is 2. The van der Waals surface area contributed by atoms with Crippen molar-refractivity contribution in [1.82, 2.24) is 20.3 Å². The van der Waals surface area contributed by atoms with Gasteiger partial charge in [-0.05, 0) is 62.2 Å². The maximum atomic E-state index is 4.88. The number of hydrogen-bond donors (Lipinski definition) is 3. The van der Waals surface area contributed by atoms with Crippen molar-refractivity contribution in [2.45, 2.75) is 25.2 Å². The summed E-state index contributed by atoms with van der Waals surface area (Å²) < 4.78 is 0. The molecule has 3 N–H and O–H groups in total. The van der Waals surface area contributed by atoms with Gasteiger partial charge < -0.3 is 15.6 Å². The second-order valence-corrected chi connectivity index (χ2v) is 7.94. The highest BCUT2D eigenvalue weighted by molar-refractivity contribution is 5.92. The predicted molar refractivity (Wildman–Crippen MR) is 123 cm³/mol. The quantitative estimate of drug-likeness (QED) is 0.439. The van der Waals surface area contributed by atoms with E-state index in [2.05, 4.69) is 75.2 Å². The number of benzene rings is 1. The van der Waals surface area contributed by atoms with E-state index in [0.717, 1.165) is 54.2 Å². The number of fused-ring (bicyclic) bond motifs is 1. The van der Waals surface area contributed by atoms with Gasteiger partial charge in [0.15, 0.2) is 0 Å². The maximum Gasteiger partial charge on any atom is 0.138 e. The Morgan fingerprint density at radius 3 is 2.70 bits per heavy atom. The Bertz CT molecular complexity index is 1110. The highest BCUT2D eigenvalue weighted by Crippen LogP contribution is 2.32. The molecule has 0 atom stereocenters. The SMILES string of the molecule is c1ccc(CCNc2cccc(-c3ccnc4[nH]c(C5CCNCC5)cc34)n2)cc1. The van der Waals surface area contributed by atoms with Crippen molar-refractivity contribution in [3.05, 3.63) is 78.1 Å². The average molecular weight is 398 g/mol. The molecule has 0 radical (unpaired) electrons. The summed E-state index contributed by atoms with van der Waals surface area (Å²) in [6, 6.07) is 21.1. The van der Waals surface area contributed by atoms with E-state index in [4.69, 9.17) is 4.98 Å². The summed E-state index contributed by atoms with van der Waals surface area (Å²) >= 11 is 0. The number of nitrogens with one attached hydrogen (secondary N) is 3. The Morgan fingerprint density at radius 1 is 0.967 bits per heavy atom. The van der Waals surface area contributed by atoms with Gasteiger partial charge in [0.1, 0.15) is 11.5 Å². The zero-order chi connectivity index (χ0) is 20.2. The van der Waals surface area contributed by atoms with Crippen molar-refractivity contribution < 1.29 is 0 Å². The van der Waals surface area contributed by atoms with Crippen molar-refractivity contribution in [3.63, 3.8) is 0 Å². The zero-order valence-electron chi connectivity index (χ0n) is 17.1. The van der Waals surface area contributed by atoms with Gasteiger partial charge in [0.25, 0.3) is 0 Å². The van der Waals surface area contributed by atoms with Gasteiger partial charge in [0.2, 0.25) is 0 Å². The van der Waals surface area contributed by atoms with Crippen LogP contribution in [0.25, 0.3) is 22.3 Å². The molecule has 1 aliphatic heterocycles. The Hall–Kier alpha value is -3.18. The third-order valence-electron chi connectivity index (χ3n) is 5.92. The van der Waals surface area contributed by atoms with Crippen molar-refractivity contribution >= 4 is 16.9 Å². The molecule has 0 amide bonds. The van der Waals surface area contributed by atoms with Gasteiger partial charge >= 0.3 is 0 Å². The largest absolute Gasteiger partial charge is 0.370 e. The van der Waals surface area contributed by atoms with Crippen molar-refractivity contribution in [1.29, 1.82) is 0 Å². The lowest BCUT2D eigenvalue weighted by molar-refractivity contribution is 0.455. The number of anilines is 1. The molecule has 1 saturated heterocycles. The average Bonchev–Trinajstić information content (AvgIpc) is 3.25. The van der Waals surface area contributed by atoms with Crippen molar-refractivity contribution in [3.8, 4) is 11.3 Å². The third kappa shape index (κ3) is 4.07. The molecule has 5 nitrogen and oxygen atoms in total. The van der Waals surface area contributed by atoms with E-state index in [0.29, 0.717) is 5.92 Å². The molecule has 1 aliphatic rings. The van der Waals surface area contributed by atoms with Gasteiger partial charge in [0, 0.05) is 35.3 Å². The summed E-state index contributed by atoms with van der Waals surface area (Å²) in [4.78, 5) is 13.0. The number of nitrogens with zero attached hydrogens (tertiary/aromatic N) is 2.